The van der Waals surface area contributed by atoms with Gasteiger partial charge in [-0.3, -0.25) is 0 Å². The van der Waals surface area contributed by atoms with Gasteiger partial charge in [-0.15, -0.1) is 0 Å². The fraction of sp³-hybridized carbons (Fsp3) is 0.111. The molecule has 0 amide bonds. The van der Waals surface area contributed by atoms with Crippen LogP contribution in [-0.4, -0.2) is 19.9 Å². The molecule has 8 rings (SSSR count). The maximum absolute atomic E-state index is 4.75. The molecule has 2 heterocycles. The second-order valence-corrected chi connectivity index (χ2v) is 11.7. The van der Waals surface area contributed by atoms with Crippen LogP contribution in [0.15, 0.2) is 110 Å². The average molecular weight is 530 g/mol. The molecule has 0 saturated carbocycles. The molecule has 0 spiro atoms. The van der Waals surface area contributed by atoms with Gasteiger partial charge in [0.05, 0.1) is 28.1 Å². The molecule has 5 heteroatoms. The van der Waals surface area contributed by atoms with Crippen LogP contribution in [0, 0.1) is 0 Å². The lowest BCUT2D eigenvalue weighted by Gasteiger charge is -2.29. The lowest BCUT2D eigenvalue weighted by atomic mass is 9.81. The molecule has 0 unspecified atom stereocenters. The zero-order chi connectivity index (χ0) is 27.7. The molecule has 0 atom stereocenters. The standard InChI is InChI=1S/C36H27N5/c1-36(2,3)28-16-12-22-11-15-27-29(17-13-23-10-14-26(28)32(22)33(23)27)41(30-8-4-6-24-18-37-20-39-34(24)30)31-9-5-7-25-19-38-21-40-35(25)31/h4-21H,1-3H3. The first-order valence-corrected chi connectivity index (χ1v) is 13.9. The summed E-state index contributed by atoms with van der Waals surface area (Å²) in [6, 6.07) is 30.6. The minimum atomic E-state index is 0.0303. The summed E-state index contributed by atoms with van der Waals surface area (Å²) in [7, 11) is 0. The van der Waals surface area contributed by atoms with Crippen LogP contribution in [0.5, 0.6) is 0 Å². The molecule has 6 aromatic carbocycles. The van der Waals surface area contributed by atoms with Gasteiger partial charge in [0.1, 0.15) is 12.7 Å². The highest BCUT2D eigenvalue weighted by atomic mass is 15.2. The van der Waals surface area contributed by atoms with E-state index < -0.39 is 0 Å². The second kappa shape index (κ2) is 8.67. The number of para-hydroxylation sites is 2. The fourth-order valence-corrected chi connectivity index (χ4v) is 6.38. The van der Waals surface area contributed by atoms with E-state index in [9.17, 15) is 0 Å². The van der Waals surface area contributed by atoms with E-state index >= 15 is 0 Å². The highest BCUT2D eigenvalue weighted by Crippen LogP contribution is 2.47. The molecule has 0 bridgehead atoms. The molecule has 0 aliphatic carbocycles. The van der Waals surface area contributed by atoms with Crippen LogP contribution >= 0.6 is 0 Å². The van der Waals surface area contributed by atoms with Crippen LogP contribution in [0.2, 0.25) is 0 Å². The Kier molecular flexibility index (Phi) is 5.01. The average Bonchev–Trinajstić information content (AvgIpc) is 3.00. The van der Waals surface area contributed by atoms with Crippen molar-refractivity contribution >= 4 is 71.2 Å². The van der Waals surface area contributed by atoms with Crippen LogP contribution in [0.25, 0.3) is 54.1 Å². The van der Waals surface area contributed by atoms with Gasteiger partial charge in [-0.1, -0.05) is 87.5 Å². The fourth-order valence-electron chi connectivity index (χ4n) is 6.38. The predicted octanol–water partition coefficient (Wildman–Crippen LogP) is 9.24. The van der Waals surface area contributed by atoms with E-state index in [0.29, 0.717) is 0 Å². The lowest BCUT2D eigenvalue weighted by Crippen LogP contribution is -2.13. The smallest absolute Gasteiger partial charge is 0.116 e. The van der Waals surface area contributed by atoms with Crippen molar-refractivity contribution < 1.29 is 0 Å². The Labute approximate surface area is 237 Å². The summed E-state index contributed by atoms with van der Waals surface area (Å²) >= 11 is 0. The molecule has 5 nitrogen and oxygen atoms in total. The van der Waals surface area contributed by atoms with Crippen molar-refractivity contribution in [1.29, 1.82) is 0 Å². The molecule has 0 fully saturated rings. The number of nitrogens with zero attached hydrogens (tertiary/aromatic N) is 5. The third-order valence-electron chi connectivity index (χ3n) is 8.20. The third-order valence-corrected chi connectivity index (χ3v) is 8.20. The van der Waals surface area contributed by atoms with Crippen LogP contribution in [0.4, 0.5) is 17.1 Å². The summed E-state index contributed by atoms with van der Waals surface area (Å²) in [5.41, 5.74) is 6.18. The van der Waals surface area contributed by atoms with Crippen molar-refractivity contribution in [3.05, 3.63) is 116 Å². The van der Waals surface area contributed by atoms with E-state index in [0.717, 1.165) is 38.9 Å². The van der Waals surface area contributed by atoms with Gasteiger partial charge in [0, 0.05) is 28.6 Å². The van der Waals surface area contributed by atoms with Crippen molar-refractivity contribution in [3.8, 4) is 0 Å². The van der Waals surface area contributed by atoms with Crippen LogP contribution < -0.4 is 4.90 Å². The van der Waals surface area contributed by atoms with Gasteiger partial charge in [0.2, 0.25) is 0 Å². The zero-order valence-corrected chi connectivity index (χ0v) is 23.1. The number of aromatic nitrogens is 4. The summed E-state index contributed by atoms with van der Waals surface area (Å²) < 4.78 is 0. The van der Waals surface area contributed by atoms with Crippen molar-refractivity contribution in [2.45, 2.75) is 26.2 Å². The number of rotatable bonds is 3. The van der Waals surface area contributed by atoms with Crippen molar-refractivity contribution in [3.63, 3.8) is 0 Å². The molecule has 0 N–H and O–H groups in total. The minimum absolute atomic E-state index is 0.0303. The maximum Gasteiger partial charge on any atom is 0.116 e. The van der Waals surface area contributed by atoms with Crippen LogP contribution in [0.1, 0.15) is 26.3 Å². The van der Waals surface area contributed by atoms with Crippen molar-refractivity contribution in [2.24, 2.45) is 0 Å². The van der Waals surface area contributed by atoms with E-state index in [2.05, 4.69) is 121 Å². The molecular formula is C36H27N5. The first-order valence-electron chi connectivity index (χ1n) is 13.9. The van der Waals surface area contributed by atoms with Crippen molar-refractivity contribution in [1.82, 2.24) is 19.9 Å². The van der Waals surface area contributed by atoms with Gasteiger partial charge in [-0.2, -0.15) is 0 Å². The Morgan fingerprint density at radius 3 is 1.66 bits per heavy atom. The Morgan fingerprint density at radius 1 is 0.512 bits per heavy atom. The van der Waals surface area contributed by atoms with Gasteiger partial charge >= 0.3 is 0 Å². The van der Waals surface area contributed by atoms with Gasteiger partial charge in [-0.05, 0) is 56.1 Å². The summed E-state index contributed by atoms with van der Waals surface area (Å²) in [5.74, 6) is 0. The second-order valence-electron chi connectivity index (χ2n) is 11.7. The number of hydrogen-bond donors (Lipinski definition) is 0. The maximum atomic E-state index is 4.75. The minimum Gasteiger partial charge on any atom is -0.305 e. The zero-order valence-electron chi connectivity index (χ0n) is 23.1. The van der Waals surface area contributed by atoms with Crippen molar-refractivity contribution in [2.75, 3.05) is 4.90 Å². The first kappa shape index (κ1) is 23.7. The monoisotopic (exact) mass is 529 g/mol. The first-order chi connectivity index (χ1) is 20.0. The lowest BCUT2D eigenvalue weighted by molar-refractivity contribution is 0.596. The summed E-state index contributed by atoms with van der Waals surface area (Å²) in [6.07, 6.45) is 6.97. The van der Waals surface area contributed by atoms with E-state index in [1.165, 1.54) is 37.9 Å². The molecule has 0 aliphatic heterocycles. The molecular weight excluding hydrogens is 502 g/mol. The summed E-state index contributed by atoms with van der Waals surface area (Å²) in [6.45, 7) is 6.87. The van der Waals surface area contributed by atoms with Crippen LogP contribution in [0.3, 0.4) is 0 Å². The highest BCUT2D eigenvalue weighted by molar-refractivity contribution is 6.26. The topological polar surface area (TPSA) is 54.8 Å². The van der Waals surface area contributed by atoms with Gasteiger partial charge in [0.25, 0.3) is 0 Å². The molecule has 0 radical (unpaired) electrons. The largest absolute Gasteiger partial charge is 0.305 e. The molecule has 196 valence electrons. The molecule has 8 aromatic rings. The number of hydrogen-bond acceptors (Lipinski definition) is 5. The highest BCUT2D eigenvalue weighted by Gasteiger charge is 2.24. The van der Waals surface area contributed by atoms with E-state index in [1.54, 1.807) is 12.7 Å². The third kappa shape index (κ3) is 3.55. The Balaban J connectivity index is 1.52. The summed E-state index contributed by atoms with van der Waals surface area (Å²) in [5, 5.41) is 9.54. The van der Waals surface area contributed by atoms with Crippen LogP contribution in [-0.2, 0) is 5.41 Å². The van der Waals surface area contributed by atoms with Gasteiger partial charge in [0.15, 0.2) is 0 Å². The normalized spacial score (nSPS) is 12.3. The molecule has 41 heavy (non-hydrogen) atoms. The van der Waals surface area contributed by atoms with Gasteiger partial charge in [-0.25, -0.2) is 19.9 Å². The quantitative estimate of drug-likeness (QED) is 0.214. The Hall–Kier alpha value is -5.16. The SMILES string of the molecule is CC(C)(C)c1ccc2ccc3c(N(c4cccc5cncnc45)c4cccc5cncnc45)ccc4ccc1c2c43. The Morgan fingerprint density at radius 2 is 1.05 bits per heavy atom. The van der Waals surface area contributed by atoms with E-state index in [1.807, 2.05) is 12.4 Å². The Bertz CT molecular complexity index is 2170. The van der Waals surface area contributed by atoms with Gasteiger partial charge < -0.3 is 4.90 Å². The molecule has 0 aliphatic rings. The number of fused-ring (bicyclic) bond motifs is 2. The number of benzene rings is 6. The summed E-state index contributed by atoms with van der Waals surface area (Å²) in [4.78, 5) is 20.4. The molecule has 0 saturated heterocycles. The van der Waals surface area contributed by atoms with E-state index in [4.69, 9.17) is 9.97 Å². The number of anilines is 3. The molecule has 2 aromatic heterocycles. The van der Waals surface area contributed by atoms with E-state index in [-0.39, 0.29) is 5.41 Å². The predicted molar refractivity (Wildman–Crippen MR) is 170 cm³/mol.